The minimum atomic E-state index is -0.119. The molecule has 1 unspecified atom stereocenters. The molecule has 0 aliphatic rings. The van der Waals surface area contributed by atoms with Gasteiger partial charge in [0.1, 0.15) is 5.82 Å². The van der Waals surface area contributed by atoms with E-state index >= 15 is 0 Å². The molecule has 1 N–H and O–H groups in total. The summed E-state index contributed by atoms with van der Waals surface area (Å²) in [4.78, 5) is 0. The number of benzene rings is 2. The molecule has 0 spiro atoms. The highest BCUT2D eigenvalue weighted by molar-refractivity contribution is 5.34. The molecule has 112 valence electrons. The van der Waals surface area contributed by atoms with Crippen molar-refractivity contribution >= 4 is 0 Å². The molecule has 0 amide bonds. The van der Waals surface area contributed by atoms with Crippen LogP contribution in [0.5, 0.6) is 0 Å². The zero-order valence-corrected chi connectivity index (χ0v) is 13.3. The van der Waals surface area contributed by atoms with Crippen LogP contribution in [0.15, 0.2) is 36.4 Å². The molecule has 0 fully saturated rings. The zero-order valence-electron chi connectivity index (χ0n) is 13.3. The molecule has 0 heterocycles. The molecule has 1 atom stereocenters. The minimum absolute atomic E-state index is 0.0103. The van der Waals surface area contributed by atoms with Crippen molar-refractivity contribution < 1.29 is 4.39 Å². The number of hydrogen-bond acceptors (Lipinski definition) is 1. The fraction of sp³-hybridized carbons (Fsp3) is 0.368. The van der Waals surface area contributed by atoms with Crippen LogP contribution in [0, 0.1) is 26.6 Å². The van der Waals surface area contributed by atoms with Gasteiger partial charge in [-0.25, -0.2) is 4.39 Å². The third-order valence-corrected chi connectivity index (χ3v) is 3.91. The molecule has 0 bridgehead atoms. The first-order valence-electron chi connectivity index (χ1n) is 7.56. The summed E-state index contributed by atoms with van der Waals surface area (Å²) in [6.07, 6.45) is 0.807. The number of hydrogen-bond donors (Lipinski definition) is 1. The summed E-state index contributed by atoms with van der Waals surface area (Å²) in [6.45, 7) is 9.01. The lowest BCUT2D eigenvalue weighted by atomic mass is 9.94. The predicted molar refractivity (Wildman–Crippen MR) is 87.2 cm³/mol. The largest absolute Gasteiger partial charge is 0.310 e. The van der Waals surface area contributed by atoms with Crippen molar-refractivity contribution in [3.05, 3.63) is 70.0 Å². The van der Waals surface area contributed by atoms with Gasteiger partial charge in [-0.3, -0.25) is 0 Å². The van der Waals surface area contributed by atoms with Gasteiger partial charge in [0.2, 0.25) is 0 Å². The van der Waals surface area contributed by atoms with Crippen molar-refractivity contribution in [2.24, 2.45) is 0 Å². The Hall–Kier alpha value is -1.67. The predicted octanol–water partition coefficient (Wildman–Crippen LogP) is 4.64. The Balaban J connectivity index is 2.32. The molecule has 2 aromatic rings. The first-order chi connectivity index (χ1) is 10.0. The standard InChI is InChI=1S/C19H24FN/c1-5-21-19(17-9-7-14(3)11-18(17)20)12-16-10-13(2)6-8-15(16)4/h6-11,19,21H,5,12H2,1-4H3. The van der Waals surface area contributed by atoms with E-state index in [1.54, 1.807) is 6.07 Å². The Morgan fingerprint density at radius 3 is 2.33 bits per heavy atom. The van der Waals surface area contributed by atoms with Crippen molar-refractivity contribution in [2.75, 3.05) is 6.54 Å². The lowest BCUT2D eigenvalue weighted by molar-refractivity contribution is 0.509. The first-order valence-corrected chi connectivity index (χ1v) is 7.56. The summed E-state index contributed by atoms with van der Waals surface area (Å²) in [5.74, 6) is -0.119. The van der Waals surface area contributed by atoms with Gasteiger partial charge in [-0.15, -0.1) is 0 Å². The maximum atomic E-state index is 14.3. The highest BCUT2D eigenvalue weighted by Crippen LogP contribution is 2.24. The van der Waals surface area contributed by atoms with Crippen LogP contribution in [-0.4, -0.2) is 6.54 Å². The quantitative estimate of drug-likeness (QED) is 0.843. The number of likely N-dealkylation sites (N-methyl/N-ethyl adjacent to an activating group) is 1. The minimum Gasteiger partial charge on any atom is -0.310 e. The molecule has 0 radical (unpaired) electrons. The molecular formula is C19H24FN. The van der Waals surface area contributed by atoms with Gasteiger partial charge in [0.15, 0.2) is 0 Å². The highest BCUT2D eigenvalue weighted by atomic mass is 19.1. The van der Waals surface area contributed by atoms with Crippen LogP contribution in [0.25, 0.3) is 0 Å². The molecule has 0 saturated heterocycles. The summed E-state index contributed by atoms with van der Waals surface area (Å²) in [6, 6.07) is 12.0. The lowest BCUT2D eigenvalue weighted by Gasteiger charge is -2.21. The van der Waals surface area contributed by atoms with Gasteiger partial charge < -0.3 is 5.32 Å². The Kier molecular flexibility index (Phi) is 5.13. The maximum absolute atomic E-state index is 14.3. The third kappa shape index (κ3) is 3.92. The number of nitrogens with one attached hydrogen (secondary N) is 1. The van der Waals surface area contributed by atoms with Crippen LogP contribution in [-0.2, 0) is 6.42 Å². The average molecular weight is 285 g/mol. The first kappa shape index (κ1) is 15.7. The molecule has 1 nitrogen and oxygen atoms in total. The second kappa shape index (κ2) is 6.86. The fourth-order valence-electron chi connectivity index (χ4n) is 2.69. The second-order valence-corrected chi connectivity index (χ2v) is 5.77. The molecule has 2 rings (SSSR count). The van der Waals surface area contributed by atoms with Gasteiger partial charge in [0.25, 0.3) is 0 Å². The molecule has 21 heavy (non-hydrogen) atoms. The van der Waals surface area contributed by atoms with Crippen LogP contribution < -0.4 is 5.32 Å². The van der Waals surface area contributed by atoms with Crippen LogP contribution in [0.4, 0.5) is 4.39 Å². The van der Waals surface area contributed by atoms with E-state index in [4.69, 9.17) is 0 Å². The van der Waals surface area contributed by atoms with E-state index in [9.17, 15) is 4.39 Å². The van der Waals surface area contributed by atoms with Gasteiger partial charge in [0.05, 0.1) is 0 Å². The van der Waals surface area contributed by atoms with Crippen molar-refractivity contribution in [1.82, 2.24) is 5.32 Å². The van der Waals surface area contributed by atoms with Crippen molar-refractivity contribution in [1.29, 1.82) is 0 Å². The van der Waals surface area contributed by atoms with E-state index in [0.29, 0.717) is 0 Å². The summed E-state index contributed by atoms with van der Waals surface area (Å²) in [5.41, 5.74) is 5.49. The average Bonchev–Trinajstić information content (AvgIpc) is 2.42. The topological polar surface area (TPSA) is 12.0 Å². The molecule has 0 aliphatic heterocycles. The van der Waals surface area contributed by atoms with Crippen LogP contribution in [0.3, 0.4) is 0 Å². The number of halogens is 1. The van der Waals surface area contributed by atoms with Crippen LogP contribution in [0.2, 0.25) is 0 Å². The van der Waals surface area contributed by atoms with E-state index in [1.165, 1.54) is 16.7 Å². The Morgan fingerprint density at radius 2 is 1.67 bits per heavy atom. The highest BCUT2D eigenvalue weighted by Gasteiger charge is 2.16. The van der Waals surface area contributed by atoms with Gasteiger partial charge in [0, 0.05) is 11.6 Å². The summed E-state index contributed by atoms with van der Waals surface area (Å²) in [5, 5.41) is 3.41. The molecule has 0 aliphatic carbocycles. The Bertz CT molecular complexity index is 619. The van der Waals surface area contributed by atoms with E-state index in [-0.39, 0.29) is 11.9 Å². The fourth-order valence-corrected chi connectivity index (χ4v) is 2.69. The van der Waals surface area contributed by atoms with E-state index in [0.717, 1.165) is 24.1 Å². The molecule has 2 heteroatoms. The van der Waals surface area contributed by atoms with Crippen LogP contribution in [0.1, 0.15) is 40.8 Å². The molecular weight excluding hydrogens is 261 g/mol. The van der Waals surface area contributed by atoms with Gasteiger partial charge in [-0.1, -0.05) is 42.8 Å². The lowest BCUT2D eigenvalue weighted by Crippen LogP contribution is -2.24. The van der Waals surface area contributed by atoms with Gasteiger partial charge in [-0.2, -0.15) is 0 Å². The van der Waals surface area contributed by atoms with E-state index in [1.807, 2.05) is 19.1 Å². The normalized spacial score (nSPS) is 12.4. The molecule has 2 aromatic carbocycles. The monoisotopic (exact) mass is 285 g/mol. The maximum Gasteiger partial charge on any atom is 0.128 e. The van der Waals surface area contributed by atoms with E-state index < -0.39 is 0 Å². The molecule has 0 saturated carbocycles. The van der Waals surface area contributed by atoms with Crippen molar-refractivity contribution in [2.45, 2.75) is 40.2 Å². The second-order valence-electron chi connectivity index (χ2n) is 5.77. The Labute approximate surface area is 127 Å². The summed E-state index contributed by atoms with van der Waals surface area (Å²) < 4.78 is 14.3. The Morgan fingerprint density at radius 1 is 1.00 bits per heavy atom. The third-order valence-electron chi connectivity index (χ3n) is 3.91. The molecule has 0 aromatic heterocycles. The van der Waals surface area contributed by atoms with Crippen molar-refractivity contribution in [3.8, 4) is 0 Å². The summed E-state index contributed by atoms with van der Waals surface area (Å²) >= 11 is 0. The zero-order chi connectivity index (χ0) is 15.4. The van der Waals surface area contributed by atoms with Gasteiger partial charge in [-0.05, 0) is 56.5 Å². The number of rotatable bonds is 5. The smallest absolute Gasteiger partial charge is 0.128 e. The summed E-state index contributed by atoms with van der Waals surface area (Å²) in [7, 11) is 0. The van der Waals surface area contributed by atoms with Crippen molar-refractivity contribution in [3.63, 3.8) is 0 Å². The van der Waals surface area contributed by atoms with Gasteiger partial charge >= 0.3 is 0 Å². The number of aryl methyl sites for hydroxylation is 3. The van der Waals surface area contributed by atoms with E-state index in [2.05, 4.69) is 44.3 Å². The SMILES string of the molecule is CCNC(Cc1cc(C)ccc1C)c1ccc(C)cc1F. The van der Waals surface area contributed by atoms with Crippen LogP contribution >= 0.6 is 0 Å².